The van der Waals surface area contributed by atoms with Gasteiger partial charge < -0.3 is 15.4 Å². The van der Waals surface area contributed by atoms with E-state index in [0.29, 0.717) is 5.92 Å². The molecule has 1 aromatic carbocycles. The summed E-state index contributed by atoms with van der Waals surface area (Å²) in [6.45, 7) is 8.21. The second-order valence-electron chi connectivity index (χ2n) is 6.61. The summed E-state index contributed by atoms with van der Waals surface area (Å²) in [6.07, 6.45) is 1.18. The fourth-order valence-corrected chi connectivity index (χ4v) is 2.53. The average Bonchev–Trinajstić information content (AvgIpc) is 3.01. The molecule has 1 aromatic heterocycles. The minimum absolute atomic E-state index is 0.117. The third kappa shape index (κ3) is 4.85. The predicted octanol–water partition coefficient (Wildman–Crippen LogP) is 2.82. The first-order valence-electron chi connectivity index (χ1n) is 8.21. The molecule has 0 unspecified atom stereocenters. The van der Waals surface area contributed by atoms with Gasteiger partial charge in [0, 0.05) is 5.10 Å². The number of carbonyl (C=O) groups excluding carboxylic acids is 1. The summed E-state index contributed by atoms with van der Waals surface area (Å²) in [5.74, 6) is -0.146. The summed E-state index contributed by atoms with van der Waals surface area (Å²) in [4.78, 5) is 25.7. The molecule has 8 nitrogen and oxygen atoms in total. The van der Waals surface area contributed by atoms with E-state index in [4.69, 9.17) is 0 Å². The van der Waals surface area contributed by atoms with Crippen LogP contribution in [0.4, 0.5) is 5.95 Å². The van der Waals surface area contributed by atoms with E-state index in [9.17, 15) is 14.9 Å². The van der Waals surface area contributed by atoms with Gasteiger partial charge >= 0.3 is 5.95 Å². The van der Waals surface area contributed by atoms with Gasteiger partial charge in [-0.15, -0.1) is 0 Å². The Morgan fingerprint density at radius 1 is 1.20 bits per heavy atom. The van der Waals surface area contributed by atoms with Crippen LogP contribution in [0.3, 0.4) is 0 Å². The second kappa shape index (κ2) is 7.87. The van der Waals surface area contributed by atoms with Crippen molar-refractivity contribution in [2.45, 2.75) is 46.2 Å². The normalized spacial score (nSPS) is 12.4. The third-order valence-corrected chi connectivity index (χ3v) is 3.94. The van der Waals surface area contributed by atoms with Crippen LogP contribution in [-0.2, 0) is 11.3 Å². The highest BCUT2D eigenvalue weighted by Gasteiger charge is 2.21. The van der Waals surface area contributed by atoms with Crippen LogP contribution in [-0.4, -0.2) is 25.6 Å². The molecule has 8 heteroatoms. The minimum Gasteiger partial charge on any atom is -0.390 e. The van der Waals surface area contributed by atoms with Crippen molar-refractivity contribution in [3.63, 3.8) is 0 Å². The van der Waals surface area contributed by atoms with Crippen LogP contribution in [0.15, 0.2) is 30.6 Å². The largest absolute Gasteiger partial charge is 0.490 e. The Morgan fingerprint density at radius 3 is 2.28 bits per heavy atom. The first kappa shape index (κ1) is 18.6. The topological polar surface area (TPSA) is 103 Å². The lowest BCUT2D eigenvalue weighted by atomic mass is 9.93. The molecule has 134 valence electrons. The van der Waals surface area contributed by atoms with Crippen molar-refractivity contribution in [2.75, 3.05) is 0 Å². The van der Waals surface area contributed by atoms with Crippen LogP contribution in [0, 0.1) is 16.0 Å². The molecule has 0 spiro atoms. The SMILES string of the molecule is CC(C)c1ccc([C@H](NC(=O)Cn2cnc([N+](=O)[O-])n2)C(C)C)cc1. The highest BCUT2D eigenvalue weighted by molar-refractivity contribution is 5.76. The van der Waals surface area contributed by atoms with Crippen molar-refractivity contribution in [3.05, 3.63) is 51.8 Å². The number of rotatable bonds is 7. The van der Waals surface area contributed by atoms with E-state index >= 15 is 0 Å². The number of benzene rings is 1. The van der Waals surface area contributed by atoms with Crippen LogP contribution in [0.2, 0.25) is 0 Å². The Kier molecular flexibility index (Phi) is 5.84. The zero-order valence-electron chi connectivity index (χ0n) is 14.8. The van der Waals surface area contributed by atoms with Crippen LogP contribution in [0.25, 0.3) is 0 Å². The van der Waals surface area contributed by atoms with Crippen molar-refractivity contribution in [1.82, 2.24) is 20.1 Å². The summed E-state index contributed by atoms with van der Waals surface area (Å²) in [5.41, 5.74) is 2.27. The number of amides is 1. The molecule has 0 saturated heterocycles. The molecule has 0 radical (unpaired) electrons. The van der Waals surface area contributed by atoms with E-state index in [1.54, 1.807) is 0 Å². The van der Waals surface area contributed by atoms with Crippen molar-refractivity contribution >= 4 is 11.9 Å². The Labute approximate surface area is 146 Å². The fraction of sp³-hybridized carbons (Fsp3) is 0.471. The maximum absolute atomic E-state index is 12.3. The first-order valence-corrected chi connectivity index (χ1v) is 8.21. The molecular formula is C17H23N5O3. The molecule has 0 fully saturated rings. The molecule has 1 atom stereocenters. The summed E-state index contributed by atoms with van der Waals surface area (Å²) in [6, 6.07) is 8.05. The highest BCUT2D eigenvalue weighted by atomic mass is 16.6. The zero-order chi connectivity index (χ0) is 18.6. The van der Waals surface area contributed by atoms with Crippen molar-refractivity contribution < 1.29 is 9.72 Å². The Hall–Kier alpha value is -2.77. The minimum atomic E-state index is -0.693. The number of hydrogen-bond acceptors (Lipinski definition) is 5. The fourth-order valence-electron chi connectivity index (χ4n) is 2.53. The zero-order valence-corrected chi connectivity index (χ0v) is 14.8. The molecule has 1 heterocycles. The van der Waals surface area contributed by atoms with Gasteiger partial charge in [0.1, 0.15) is 6.54 Å². The maximum Gasteiger partial charge on any atom is 0.490 e. The monoisotopic (exact) mass is 345 g/mol. The molecule has 2 rings (SSSR count). The molecule has 0 saturated carbocycles. The van der Waals surface area contributed by atoms with Gasteiger partial charge in [0.15, 0.2) is 0 Å². The first-order chi connectivity index (χ1) is 11.8. The van der Waals surface area contributed by atoms with Crippen LogP contribution in [0.5, 0.6) is 0 Å². The Bertz CT molecular complexity index is 737. The number of aromatic nitrogens is 3. The quantitative estimate of drug-likeness (QED) is 0.614. The van der Waals surface area contributed by atoms with Crippen LogP contribution in [0.1, 0.15) is 50.8 Å². The number of nitro groups is 1. The van der Waals surface area contributed by atoms with Crippen molar-refractivity contribution in [1.29, 1.82) is 0 Å². The lowest BCUT2D eigenvalue weighted by molar-refractivity contribution is -0.394. The highest BCUT2D eigenvalue weighted by Crippen LogP contribution is 2.24. The van der Waals surface area contributed by atoms with Gasteiger partial charge in [-0.3, -0.25) is 4.79 Å². The van der Waals surface area contributed by atoms with Gasteiger partial charge in [0.25, 0.3) is 0 Å². The van der Waals surface area contributed by atoms with Gasteiger partial charge in [-0.05, 0) is 27.9 Å². The van der Waals surface area contributed by atoms with Gasteiger partial charge in [-0.2, -0.15) is 4.68 Å². The molecule has 0 aliphatic heterocycles. The van der Waals surface area contributed by atoms with Gasteiger partial charge in [-0.1, -0.05) is 56.9 Å². The van der Waals surface area contributed by atoms with E-state index in [-0.39, 0.29) is 24.4 Å². The van der Waals surface area contributed by atoms with Gasteiger partial charge in [-0.25, -0.2) is 0 Å². The number of carbonyl (C=O) groups is 1. The molecule has 1 amide bonds. The predicted molar refractivity (Wildman–Crippen MR) is 92.9 cm³/mol. The van der Waals surface area contributed by atoms with E-state index in [1.165, 1.54) is 11.9 Å². The van der Waals surface area contributed by atoms with Crippen molar-refractivity contribution in [2.24, 2.45) is 5.92 Å². The second-order valence-corrected chi connectivity index (χ2v) is 6.61. The Morgan fingerprint density at radius 2 is 1.80 bits per heavy atom. The van der Waals surface area contributed by atoms with Crippen molar-refractivity contribution in [3.8, 4) is 0 Å². The summed E-state index contributed by atoms with van der Waals surface area (Å²) >= 11 is 0. The number of nitrogens with one attached hydrogen (secondary N) is 1. The smallest absolute Gasteiger partial charge is 0.390 e. The molecular weight excluding hydrogens is 322 g/mol. The standard InChI is InChI=1S/C17H23N5O3/c1-11(2)13-5-7-14(8-6-13)16(12(3)4)19-15(23)9-21-10-18-17(20-21)22(24)25/h5-8,10-12,16H,9H2,1-4H3,(H,19,23)/t16-/m1/s1. The lowest BCUT2D eigenvalue weighted by Gasteiger charge is -2.23. The third-order valence-electron chi connectivity index (χ3n) is 3.94. The number of hydrogen-bond donors (Lipinski definition) is 1. The maximum atomic E-state index is 12.3. The molecule has 2 aromatic rings. The summed E-state index contributed by atoms with van der Waals surface area (Å²) in [7, 11) is 0. The van der Waals surface area contributed by atoms with Crippen LogP contribution >= 0.6 is 0 Å². The van der Waals surface area contributed by atoms with E-state index in [1.807, 2.05) is 26.0 Å². The molecule has 1 N–H and O–H groups in total. The number of nitrogens with zero attached hydrogens (tertiary/aromatic N) is 4. The van der Waals surface area contributed by atoms with Gasteiger partial charge in [0.05, 0.1) is 6.04 Å². The Balaban J connectivity index is 2.07. The molecule has 0 aliphatic carbocycles. The van der Waals surface area contributed by atoms with E-state index in [2.05, 4.69) is 41.4 Å². The van der Waals surface area contributed by atoms with Gasteiger partial charge in [0.2, 0.25) is 12.2 Å². The molecule has 25 heavy (non-hydrogen) atoms. The lowest BCUT2D eigenvalue weighted by Crippen LogP contribution is -2.34. The molecule has 0 bridgehead atoms. The van der Waals surface area contributed by atoms with E-state index < -0.39 is 10.9 Å². The summed E-state index contributed by atoms with van der Waals surface area (Å²) in [5, 5.41) is 17.2. The average molecular weight is 345 g/mol. The molecule has 0 aliphatic rings. The summed E-state index contributed by atoms with van der Waals surface area (Å²) < 4.78 is 1.16. The van der Waals surface area contributed by atoms with Crippen LogP contribution < -0.4 is 5.32 Å². The van der Waals surface area contributed by atoms with E-state index in [0.717, 1.165) is 10.2 Å².